The summed E-state index contributed by atoms with van der Waals surface area (Å²) in [5, 5.41) is 5.67. The third-order valence-corrected chi connectivity index (χ3v) is 5.34. The molecular weight excluding hydrogens is 354 g/mol. The highest BCUT2D eigenvalue weighted by atomic mass is 32.1. The van der Waals surface area contributed by atoms with Crippen molar-refractivity contribution in [1.29, 1.82) is 0 Å². The van der Waals surface area contributed by atoms with Crippen LogP contribution in [-0.2, 0) is 19.1 Å². The third kappa shape index (κ3) is 6.23. The summed E-state index contributed by atoms with van der Waals surface area (Å²) in [6.07, 6.45) is 7.43. The topological polar surface area (TPSA) is 87.7 Å². The molecule has 0 aromatic carbocycles. The number of thiocarbonyl (C=S) groups is 1. The Labute approximate surface area is 160 Å². The molecule has 2 aliphatic rings. The number of piperazine rings is 1. The summed E-state index contributed by atoms with van der Waals surface area (Å²) in [5.74, 6) is -0.226. The molecule has 2 amide bonds. The maximum atomic E-state index is 12.2. The van der Waals surface area contributed by atoms with E-state index in [1.165, 1.54) is 32.1 Å². The molecule has 1 aliphatic carbocycles. The lowest BCUT2D eigenvalue weighted by atomic mass is 9.86. The van der Waals surface area contributed by atoms with Crippen LogP contribution in [0.1, 0.15) is 58.3 Å². The first-order valence-electron chi connectivity index (χ1n) is 9.55. The smallest absolute Gasteiger partial charge is 0.308 e. The van der Waals surface area contributed by atoms with E-state index in [1.807, 2.05) is 0 Å². The number of amides is 2. The molecule has 0 radical (unpaired) electrons. The number of ether oxygens (including phenoxy) is 1. The highest BCUT2D eigenvalue weighted by Gasteiger charge is 2.34. The van der Waals surface area contributed by atoms with Crippen molar-refractivity contribution in [1.82, 2.24) is 15.5 Å². The molecule has 1 atom stereocenters. The molecule has 2 N–H and O–H groups in total. The molecule has 0 aromatic rings. The van der Waals surface area contributed by atoms with Gasteiger partial charge in [-0.05, 0) is 31.5 Å². The molecule has 1 saturated heterocycles. The van der Waals surface area contributed by atoms with Gasteiger partial charge in [0.15, 0.2) is 5.11 Å². The first-order chi connectivity index (χ1) is 12.5. The zero-order valence-corrected chi connectivity index (χ0v) is 16.2. The van der Waals surface area contributed by atoms with E-state index >= 15 is 0 Å². The molecule has 1 aliphatic heterocycles. The lowest BCUT2D eigenvalue weighted by Gasteiger charge is -2.36. The van der Waals surface area contributed by atoms with Gasteiger partial charge in [0.1, 0.15) is 6.04 Å². The van der Waals surface area contributed by atoms with Gasteiger partial charge in [-0.1, -0.05) is 32.1 Å². The van der Waals surface area contributed by atoms with Crippen LogP contribution in [0, 0.1) is 5.92 Å². The van der Waals surface area contributed by atoms with E-state index in [-0.39, 0.29) is 30.0 Å². The van der Waals surface area contributed by atoms with E-state index in [0.717, 1.165) is 6.42 Å². The first-order valence-corrected chi connectivity index (χ1v) is 9.96. The number of carbonyl (C=O) groups excluding carboxylic acids is 3. The summed E-state index contributed by atoms with van der Waals surface area (Å²) in [5.41, 5.74) is 0. The van der Waals surface area contributed by atoms with Gasteiger partial charge in [-0.15, -0.1) is 0 Å². The van der Waals surface area contributed by atoms with E-state index < -0.39 is 12.0 Å². The number of hydrogen-bond donors (Lipinski definition) is 2. The minimum atomic E-state index is -0.742. The lowest BCUT2D eigenvalue weighted by Crippen LogP contribution is -2.60. The van der Waals surface area contributed by atoms with Crippen LogP contribution >= 0.6 is 12.2 Å². The average molecular weight is 384 g/mol. The molecule has 26 heavy (non-hydrogen) atoms. The fourth-order valence-electron chi connectivity index (χ4n) is 3.60. The van der Waals surface area contributed by atoms with Gasteiger partial charge in [-0.25, -0.2) is 0 Å². The van der Waals surface area contributed by atoms with Crippen molar-refractivity contribution in [2.75, 3.05) is 19.7 Å². The summed E-state index contributed by atoms with van der Waals surface area (Å²) in [6.45, 7) is 2.86. The van der Waals surface area contributed by atoms with Crippen LogP contribution in [0.15, 0.2) is 0 Å². The molecule has 0 aromatic heterocycles. The average Bonchev–Trinajstić information content (AvgIpc) is 2.62. The lowest BCUT2D eigenvalue weighted by molar-refractivity contribution is -0.147. The van der Waals surface area contributed by atoms with Crippen molar-refractivity contribution >= 4 is 35.1 Å². The van der Waals surface area contributed by atoms with Crippen LogP contribution in [0.2, 0.25) is 0 Å². The van der Waals surface area contributed by atoms with Crippen LogP contribution in [0.5, 0.6) is 0 Å². The molecule has 146 valence electrons. The molecule has 1 heterocycles. The number of carbonyl (C=O) groups is 3. The van der Waals surface area contributed by atoms with Gasteiger partial charge in [-0.2, -0.15) is 0 Å². The van der Waals surface area contributed by atoms with Crippen molar-refractivity contribution in [3.05, 3.63) is 0 Å². The molecule has 2 rings (SSSR count). The Morgan fingerprint density at radius 2 is 2.04 bits per heavy atom. The Hall–Kier alpha value is -1.70. The zero-order valence-electron chi connectivity index (χ0n) is 15.4. The number of nitrogens with zero attached hydrogens (tertiary/aromatic N) is 1. The highest BCUT2D eigenvalue weighted by Crippen LogP contribution is 2.27. The molecule has 8 heteroatoms. The minimum Gasteiger partial charge on any atom is -0.466 e. The largest absolute Gasteiger partial charge is 0.466 e. The third-order valence-electron chi connectivity index (χ3n) is 5.01. The fourth-order valence-corrected chi connectivity index (χ4v) is 3.94. The van der Waals surface area contributed by atoms with Crippen LogP contribution in [-0.4, -0.2) is 53.5 Å². The van der Waals surface area contributed by atoms with Crippen molar-refractivity contribution in [2.45, 2.75) is 64.3 Å². The molecule has 1 saturated carbocycles. The normalized spacial score (nSPS) is 21.0. The highest BCUT2D eigenvalue weighted by molar-refractivity contribution is 7.80. The molecule has 1 unspecified atom stereocenters. The number of hydrogen-bond acceptors (Lipinski definition) is 5. The Bertz CT molecular complexity index is 535. The van der Waals surface area contributed by atoms with Gasteiger partial charge in [0, 0.05) is 19.5 Å². The Morgan fingerprint density at radius 3 is 2.73 bits per heavy atom. The quantitative estimate of drug-likeness (QED) is 0.534. The second kappa shape index (κ2) is 10.4. The predicted molar refractivity (Wildman–Crippen MR) is 101 cm³/mol. The van der Waals surface area contributed by atoms with Gasteiger partial charge in [0.25, 0.3) is 0 Å². The maximum absolute atomic E-state index is 12.2. The molecule has 2 fully saturated rings. The SMILES string of the molecule is CCOC(=O)CC1C(=O)NCCN1C(=S)NC(=O)CCC1CCCCC1. The van der Waals surface area contributed by atoms with Crippen molar-refractivity contribution < 1.29 is 19.1 Å². The zero-order chi connectivity index (χ0) is 18.9. The molecule has 7 nitrogen and oxygen atoms in total. The monoisotopic (exact) mass is 383 g/mol. The van der Waals surface area contributed by atoms with Crippen molar-refractivity contribution in [3.63, 3.8) is 0 Å². The summed E-state index contributed by atoms with van der Waals surface area (Å²) in [4.78, 5) is 37.7. The van der Waals surface area contributed by atoms with Crippen LogP contribution in [0.3, 0.4) is 0 Å². The summed E-state index contributed by atoms with van der Waals surface area (Å²) in [7, 11) is 0. The van der Waals surface area contributed by atoms with Crippen LogP contribution in [0.4, 0.5) is 0 Å². The molecule has 0 bridgehead atoms. The second-order valence-corrected chi connectivity index (χ2v) is 7.29. The minimum absolute atomic E-state index is 0.0856. The van der Waals surface area contributed by atoms with Crippen LogP contribution in [0.25, 0.3) is 0 Å². The van der Waals surface area contributed by atoms with E-state index in [1.54, 1.807) is 11.8 Å². The van der Waals surface area contributed by atoms with E-state index in [4.69, 9.17) is 17.0 Å². The standard InChI is InChI=1S/C18H29N3O4S/c1-2-25-16(23)12-14-17(24)19-10-11-21(14)18(26)20-15(22)9-8-13-6-4-3-5-7-13/h13-14H,2-12H2,1H3,(H,19,24)(H,20,22,26). The summed E-state index contributed by atoms with van der Waals surface area (Å²) in [6, 6.07) is -0.742. The van der Waals surface area contributed by atoms with Crippen molar-refractivity contribution in [3.8, 4) is 0 Å². The summed E-state index contributed by atoms with van der Waals surface area (Å²) < 4.78 is 4.93. The Morgan fingerprint density at radius 1 is 1.31 bits per heavy atom. The van der Waals surface area contributed by atoms with E-state index in [2.05, 4.69) is 10.6 Å². The van der Waals surface area contributed by atoms with E-state index in [9.17, 15) is 14.4 Å². The fraction of sp³-hybridized carbons (Fsp3) is 0.778. The molecular formula is C18H29N3O4S. The predicted octanol–water partition coefficient (Wildman–Crippen LogP) is 1.50. The number of nitrogens with one attached hydrogen (secondary N) is 2. The van der Waals surface area contributed by atoms with Gasteiger partial charge in [0.2, 0.25) is 11.8 Å². The Balaban J connectivity index is 1.85. The maximum Gasteiger partial charge on any atom is 0.308 e. The first kappa shape index (κ1) is 20.6. The van der Waals surface area contributed by atoms with E-state index in [0.29, 0.717) is 25.4 Å². The van der Waals surface area contributed by atoms with Gasteiger partial charge in [0.05, 0.1) is 13.0 Å². The van der Waals surface area contributed by atoms with Crippen LogP contribution < -0.4 is 10.6 Å². The summed E-state index contributed by atoms with van der Waals surface area (Å²) >= 11 is 5.33. The number of rotatable bonds is 6. The number of esters is 1. The second-order valence-electron chi connectivity index (χ2n) is 6.91. The van der Waals surface area contributed by atoms with Crippen molar-refractivity contribution in [2.24, 2.45) is 5.92 Å². The van der Waals surface area contributed by atoms with Gasteiger partial charge >= 0.3 is 5.97 Å². The van der Waals surface area contributed by atoms with Gasteiger partial charge in [-0.3, -0.25) is 14.4 Å². The Kier molecular flexibility index (Phi) is 8.28. The van der Waals surface area contributed by atoms with Gasteiger partial charge < -0.3 is 20.3 Å². The molecule has 0 spiro atoms.